The second-order valence-electron chi connectivity index (χ2n) is 3.73. The molecule has 0 aliphatic heterocycles. The van der Waals surface area contributed by atoms with Crippen LogP contribution in [0.5, 0.6) is 0 Å². The summed E-state index contributed by atoms with van der Waals surface area (Å²) in [7, 11) is 0. The van der Waals surface area contributed by atoms with Gasteiger partial charge in [0.2, 0.25) is 0 Å². The smallest absolute Gasteiger partial charge is 0.276 e. The first kappa shape index (κ1) is 13.4. The van der Waals surface area contributed by atoms with Gasteiger partial charge in [-0.3, -0.25) is 4.79 Å². The number of carbonyl (C=O) groups is 1. The molecule has 19 heavy (non-hydrogen) atoms. The van der Waals surface area contributed by atoms with Gasteiger partial charge in [-0.1, -0.05) is 17.7 Å². The number of benzene rings is 1. The van der Waals surface area contributed by atoms with Crippen LogP contribution in [-0.2, 0) is 0 Å². The van der Waals surface area contributed by atoms with Crippen molar-refractivity contribution in [1.29, 1.82) is 0 Å². The molecule has 0 saturated carbocycles. The fourth-order valence-electron chi connectivity index (χ4n) is 1.38. The van der Waals surface area contributed by atoms with Gasteiger partial charge in [0.25, 0.3) is 5.91 Å². The second-order valence-corrected chi connectivity index (χ2v) is 4.12. The zero-order chi connectivity index (χ0) is 14.0. The summed E-state index contributed by atoms with van der Waals surface area (Å²) in [5.74, 6) is -2.46. The number of hydrogen-bond donors (Lipinski definition) is 1. The molecule has 0 bridgehead atoms. The second kappa shape index (κ2) is 5.27. The first-order valence-corrected chi connectivity index (χ1v) is 5.60. The van der Waals surface area contributed by atoms with Gasteiger partial charge in [-0.25, -0.2) is 18.7 Å². The van der Waals surface area contributed by atoms with Crippen LogP contribution in [0, 0.1) is 18.6 Å². The summed E-state index contributed by atoms with van der Waals surface area (Å²) in [6.45, 7) is 1.46. The number of halogens is 3. The average Bonchev–Trinajstić information content (AvgIpc) is 2.40. The lowest BCUT2D eigenvalue weighted by atomic mass is 10.2. The molecule has 1 aromatic heterocycles. The average molecular weight is 284 g/mol. The third-order valence-electron chi connectivity index (χ3n) is 2.38. The molecule has 0 aliphatic rings. The van der Waals surface area contributed by atoms with Gasteiger partial charge in [0.05, 0.1) is 12.4 Å². The highest BCUT2D eigenvalue weighted by Crippen LogP contribution is 2.22. The fraction of sp³-hybridized carbons (Fsp3) is 0.0833. The van der Waals surface area contributed by atoms with Crippen LogP contribution in [0.2, 0.25) is 5.15 Å². The molecule has 0 fully saturated rings. The predicted octanol–water partition coefficient (Wildman–Crippen LogP) is 2.97. The molecule has 1 aromatic carbocycles. The number of anilines is 1. The molecule has 0 atom stereocenters. The number of nitrogens with zero attached hydrogens (tertiary/aromatic N) is 2. The van der Waals surface area contributed by atoms with Crippen molar-refractivity contribution in [1.82, 2.24) is 9.97 Å². The Kier molecular flexibility index (Phi) is 3.71. The molecule has 98 valence electrons. The number of carbonyl (C=O) groups excluding carboxylic acids is 1. The minimum Gasteiger partial charge on any atom is -0.316 e. The van der Waals surface area contributed by atoms with Crippen LogP contribution in [-0.4, -0.2) is 15.9 Å². The minimum atomic E-state index is -0.863. The van der Waals surface area contributed by atoms with Crippen LogP contribution in [0.15, 0.2) is 24.5 Å². The standard InChI is InChI=1S/C12H8ClF2N3O/c1-6-2-3-7(14)11(10(6)15)18-12(19)8-4-17-9(13)5-16-8/h2-5H,1H3,(H,18,19). The molecular formula is C12H8ClF2N3O. The van der Waals surface area contributed by atoms with Gasteiger partial charge in [0.15, 0.2) is 5.82 Å². The Morgan fingerprint density at radius 3 is 2.63 bits per heavy atom. The third-order valence-corrected chi connectivity index (χ3v) is 2.57. The highest BCUT2D eigenvalue weighted by atomic mass is 35.5. The number of hydrogen-bond acceptors (Lipinski definition) is 3. The van der Waals surface area contributed by atoms with Crippen molar-refractivity contribution in [3.05, 3.63) is 52.6 Å². The number of rotatable bonds is 2. The number of amides is 1. The summed E-state index contributed by atoms with van der Waals surface area (Å²) >= 11 is 5.52. The van der Waals surface area contributed by atoms with E-state index < -0.39 is 23.2 Å². The summed E-state index contributed by atoms with van der Waals surface area (Å²) < 4.78 is 27.1. The Bertz CT molecular complexity index is 632. The fourth-order valence-corrected chi connectivity index (χ4v) is 1.48. The highest BCUT2D eigenvalue weighted by molar-refractivity contribution is 6.29. The lowest BCUT2D eigenvalue weighted by Gasteiger charge is -2.08. The number of aryl methyl sites for hydroxylation is 1. The third kappa shape index (κ3) is 2.85. The van der Waals surface area contributed by atoms with E-state index in [1.165, 1.54) is 19.2 Å². The van der Waals surface area contributed by atoms with Crippen molar-refractivity contribution < 1.29 is 13.6 Å². The first-order valence-electron chi connectivity index (χ1n) is 5.22. The molecule has 4 nitrogen and oxygen atoms in total. The Morgan fingerprint density at radius 2 is 2.00 bits per heavy atom. The van der Waals surface area contributed by atoms with Crippen molar-refractivity contribution in [2.45, 2.75) is 6.92 Å². The molecule has 1 heterocycles. The zero-order valence-corrected chi connectivity index (χ0v) is 10.5. The first-order chi connectivity index (χ1) is 8.99. The maximum absolute atomic E-state index is 13.7. The van der Waals surface area contributed by atoms with Gasteiger partial charge in [-0.15, -0.1) is 0 Å². The molecule has 0 radical (unpaired) electrons. The molecule has 2 aromatic rings. The lowest BCUT2D eigenvalue weighted by Crippen LogP contribution is -2.16. The van der Waals surface area contributed by atoms with E-state index in [0.29, 0.717) is 0 Å². The molecule has 0 saturated heterocycles. The van der Waals surface area contributed by atoms with Crippen molar-refractivity contribution >= 4 is 23.2 Å². The van der Waals surface area contributed by atoms with Crippen molar-refractivity contribution in [2.24, 2.45) is 0 Å². The summed E-state index contributed by atoms with van der Waals surface area (Å²) in [6.07, 6.45) is 2.28. The van der Waals surface area contributed by atoms with E-state index in [2.05, 4.69) is 15.3 Å². The van der Waals surface area contributed by atoms with E-state index in [0.717, 1.165) is 12.3 Å². The number of nitrogens with one attached hydrogen (secondary N) is 1. The van der Waals surface area contributed by atoms with E-state index in [1.54, 1.807) is 0 Å². The zero-order valence-electron chi connectivity index (χ0n) is 9.75. The van der Waals surface area contributed by atoms with Crippen LogP contribution < -0.4 is 5.32 Å². The molecule has 1 amide bonds. The summed E-state index contributed by atoms with van der Waals surface area (Å²) in [5, 5.41) is 2.24. The Labute approximate surface area is 112 Å². The van der Waals surface area contributed by atoms with E-state index in [1.807, 2.05) is 0 Å². The lowest BCUT2D eigenvalue weighted by molar-refractivity contribution is 0.102. The van der Waals surface area contributed by atoms with Crippen molar-refractivity contribution in [3.63, 3.8) is 0 Å². The van der Waals surface area contributed by atoms with E-state index in [9.17, 15) is 13.6 Å². The van der Waals surface area contributed by atoms with Gasteiger partial charge in [0, 0.05) is 0 Å². The SMILES string of the molecule is Cc1ccc(F)c(NC(=O)c2cnc(Cl)cn2)c1F. The summed E-state index contributed by atoms with van der Waals surface area (Å²) in [6, 6.07) is 2.35. The van der Waals surface area contributed by atoms with Crippen LogP contribution in [0.4, 0.5) is 14.5 Å². The van der Waals surface area contributed by atoms with Crippen LogP contribution in [0.25, 0.3) is 0 Å². The Morgan fingerprint density at radius 1 is 1.26 bits per heavy atom. The molecule has 0 aliphatic carbocycles. The van der Waals surface area contributed by atoms with Gasteiger partial charge < -0.3 is 5.32 Å². The molecular weight excluding hydrogens is 276 g/mol. The van der Waals surface area contributed by atoms with Crippen LogP contribution in [0.3, 0.4) is 0 Å². The van der Waals surface area contributed by atoms with Gasteiger partial charge in [-0.2, -0.15) is 0 Å². The highest BCUT2D eigenvalue weighted by Gasteiger charge is 2.16. The Balaban J connectivity index is 2.29. The monoisotopic (exact) mass is 283 g/mol. The predicted molar refractivity (Wildman–Crippen MR) is 66.1 cm³/mol. The van der Waals surface area contributed by atoms with Gasteiger partial charge in [-0.05, 0) is 18.6 Å². The van der Waals surface area contributed by atoms with Crippen molar-refractivity contribution in [3.8, 4) is 0 Å². The normalized spacial score (nSPS) is 10.3. The Hall–Kier alpha value is -2.08. The molecule has 2 rings (SSSR count). The van der Waals surface area contributed by atoms with Crippen LogP contribution in [0.1, 0.15) is 16.1 Å². The molecule has 7 heteroatoms. The quantitative estimate of drug-likeness (QED) is 0.922. The van der Waals surface area contributed by atoms with E-state index in [-0.39, 0.29) is 16.4 Å². The van der Waals surface area contributed by atoms with E-state index >= 15 is 0 Å². The van der Waals surface area contributed by atoms with Crippen molar-refractivity contribution in [2.75, 3.05) is 5.32 Å². The topological polar surface area (TPSA) is 54.9 Å². The molecule has 0 unspecified atom stereocenters. The van der Waals surface area contributed by atoms with Gasteiger partial charge >= 0.3 is 0 Å². The van der Waals surface area contributed by atoms with E-state index in [4.69, 9.17) is 11.6 Å². The molecule has 0 spiro atoms. The maximum Gasteiger partial charge on any atom is 0.276 e. The summed E-state index contributed by atoms with van der Waals surface area (Å²) in [5.41, 5.74) is -0.384. The minimum absolute atomic E-state index is 0.0929. The summed E-state index contributed by atoms with van der Waals surface area (Å²) in [4.78, 5) is 19.1. The largest absolute Gasteiger partial charge is 0.316 e. The number of aromatic nitrogens is 2. The van der Waals surface area contributed by atoms with Gasteiger partial charge in [0.1, 0.15) is 22.4 Å². The maximum atomic E-state index is 13.7. The molecule has 1 N–H and O–H groups in total. The van der Waals surface area contributed by atoms with Crippen LogP contribution >= 0.6 is 11.6 Å².